The van der Waals surface area contributed by atoms with E-state index in [4.69, 9.17) is 27.9 Å². The van der Waals surface area contributed by atoms with Crippen molar-refractivity contribution in [1.29, 1.82) is 0 Å². The minimum Gasteiger partial charge on any atom is -0.480 e. The maximum Gasteiger partial charge on any atom is 0.312 e. The number of nitro groups is 1. The molecule has 112 valence electrons. The summed E-state index contributed by atoms with van der Waals surface area (Å²) in [5.74, 6) is 0.0557. The Morgan fingerprint density at radius 3 is 2.57 bits per heavy atom. The van der Waals surface area contributed by atoms with Crippen molar-refractivity contribution in [1.82, 2.24) is 9.78 Å². The standard InChI is InChI=1S/C12H10BrCl2N3O3/c1-6-12(13)10(17(2)16-6)5-21-11-4-8(15)7(14)3-9(11)18(19)20/h3-4H,5H2,1-2H3. The Labute approximate surface area is 138 Å². The first-order chi connectivity index (χ1) is 9.81. The van der Waals surface area contributed by atoms with Gasteiger partial charge in [-0.3, -0.25) is 14.8 Å². The van der Waals surface area contributed by atoms with Crippen LogP contribution in [0, 0.1) is 17.0 Å². The van der Waals surface area contributed by atoms with Crippen molar-refractivity contribution in [2.75, 3.05) is 0 Å². The fraction of sp³-hybridized carbons (Fsp3) is 0.250. The largest absolute Gasteiger partial charge is 0.480 e. The number of halogens is 3. The van der Waals surface area contributed by atoms with Crippen molar-refractivity contribution in [3.8, 4) is 5.75 Å². The second-order valence-corrected chi connectivity index (χ2v) is 5.86. The van der Waals surface area contributed by atoms with Gasteiger partial charge in [-0.1, -0.05) is 23.2 Å². The van der Waals surface area contributed by atoms with Crippen LogP contribution in [0.15, 0.2) is 16.6 Å². The first-order valence-corrected chi connectivity index (χ1v) is 7.30. The average Bonchev–Trinajstić information content (AvgIpc) is 2.64. The van der Waals surface area contributed by atoms with Gasteiger partial charge >= 0.3 is 5.69 Å². The second kappa shape index (κ2) is 6.21. The lowest BCUT2D eigenvalue weighted by atomic mass is 10.3. The summed E-state index contributed by atoms with van der Waals surface area (Å²) in [6, 6.07) is 2.50. The van der Waals surface area contributed by atoms with Gasteiger partial charge in [-0.15, -0.1) is 0 Å². The quantitative estimate of drug-likeness (QED) is 0.573. The Kier molecular flexibility index (Phi) is 4.75. The summed E-state index contributed by atoms with van der Waals surface area (Å²) in [7, 11) is 1.76. The van der Waals surface area contributed by atoms with Crippen LogP contribution in [0.5, 0.6) is 5.75 Å². The number of ether oxygens (including phenoxy) is 1. The third-order valence-electron chi connectivity index (χ3n) is 2.82. The van der Waals surface area contributed by atoms with Crippen LogP contribution in [0.1, 0.15) is 11.4 Å². The first kappa shape index (κ1) is 16.1. The Balaban J connectivity index is 2.31. The Hall–Kier alpha value is -1.31. The third kappa shape index (κ3) is 3.30. The van der Waals surface area contributed by atoms with Gasteiger partial charge < -0.3 is 4.74 Å². The predicted molar refractivity (Wildman–Crippen MR) is 83.1 cm³/mol. The number of aryl methyl sites for hydroxylation is 2. The van der Waals surface area contributed by atoms with Crippen molar-refractivity contribution in [3.05, 3.63) is 48.2 Å². The zero-order chi connectivity index (χ0) is 15.7. The minimum atomic E-state index is -0.568. The molecule has 2 aromatic rings. The van der Waals surface area contributed by atoms with E-state index >= 15 is 0 Å². The van der Waals surface area contributed by atoms with Crippen molar-refractivity contribution in [3.63, 3.8) is 0 Å². The molecule has 0 N–H and O–H groups in total. The van der Waals surface area contributed by atoms with Crippen molar-refractivity contribution in [2.45, 2.75) is 13.5 Å². The molecule has 0 aliphatic heterocycles. The number of rotatable bonds is 4. The van der Waals surface area contributed by atoms with Crippen LogP contribution in [0.3, 0.4) is 0 Å². The van der Waals surface area contributed by atoms with E-state index in [-0.39, 0.29) is 28.1 Å². The normalized spacial score (nSPS) is 10.7. The molecule has 0 spiro atoms. The van der Waals surface area contributed by atoms with Crippen molar-refractivity contribution < 1.29 is 9.66 Å². The number of hydrogen-bond acceptors (Lipinski definition) is 4. The van der Waals surface area contributed by atoms with Crippen LogP contribution in [0.25, 0.3) is 0 Å². The number of aromatic nitrogens is 2. The monoisotopic (exact) mass is 393 g/mol. The number of benzene rings is 1. The van der Waals surface area contributed by atoms with E-state index in [9.17, 15) is 10.1 Å². The van der Waals surface area contributed by atoms with Gasteiger partial charge in [0.25, 0.3) is 0 Å². The maximum absolute atomic E-state index is 11.0. The summed E-state index contributed by atoms with van der Waals surface area (Å²) in [5, 5.41) is 15.5. The highest BCUT2D eigenvalue weighted by molar-refractivity contribution is 9.10. The molecule has 0 atom stereocenters. The summed E-state index contributed by atoms with van der Waals surface area (Å²) < 4.78 is 7.96. The average molecular weight is 395 g/mol. The topological polar surface area (TPSA) is 70.2 Å². The third-order valence-corrected chi connectivity index (χ3v) is 4.58. The molecular formula is C12H10BrCl2N3O3. The highest BCUT2D eigenvalue weighted by Crippen LogP contribution is 2.36. The molecule has 1 aromatic carbocycles. The molecule has 0 saturated heterocycles. The Morgan fingerprint density at radius 2 is 2.05 bits per heavy atom. The molecule has 0 aliphatic carbocycles. The van der Waals surface area contributed by atoms with Crippen molar-refractivity contribution >= 4 is 44.8 Å². The van der Waals surface area contributed by atoms with E-state index in [2.05, 4.69) is 21.0 Å². The first-order valence-electron chi connectivity index (χ1n) is 5.75. The van der Waals surface area contributed by atoms with E-state index in [1.54, 1.807) is 11.7 Å². The zero-order valence-electron chi connectivity index (χ0n) is 11.1. The molecule has 6 nitrogen and oxygen atoms in total. The van der Waals surface area contributed by atoms with Crippen LogP contribution in [-0.2, 0) is 13.7 Å². The van der Waals surface area contributed by atoms with E-state index in [0.29, 0.717) is 0 Å². The van der Waals surface area contributed by atoms with Gasteiger partial charge in [0.05, 0.1) is 30.8 Å². The molecule has 0 saturated carbocycles. The van der Waals surface area contributed by atoms with Gasteiger partial charge in [0.1, 0.15) is 6.61 Å². The molecule has 0 amide bonds. The molecule has 2 rings (SSSR count). The summed E-state index contributed by atoms with van der Waals surface area (Å²) in [6.07, 6.45) is 0. The zero-order valence-corrected chi connectivity index (χ0v) is 14.2. The summed E-state index contributed by atoms with van der Waals surface area (Å²) in [4.78, 5) is 10.5. The summed E-state index contributed by atoms with van der Waals surface area (Å²) in [6.45, 7) is 1.95. The summed E-state index contributed by atoms with van der Waals surface area (Å²) >= 11 is 15.1. The van der Waals surface area contributed by atoms with Gasteiger partial charge in [0, 0.05) is 19.2 Å². The Bertz CT molecular complexity index is 718. The fourth-order valence-corrected chi connectivity index (χ4v) is 2.52. The number of nitrogens with zero attached hydrogens (tertiary/aromatic N) is 3. The van der Waals surface area contributed by atoms with Gasteiger partial charge in [-0.2, -0.15) is 5.10 Å². The van der Waals surface area contributed by atoms with Crippen LogP contribution in [-0.4, -0.2) is 14.7 Å². The minimum absolute atomic E-state index is 0.0557. The molecule has 21 heavy (non-hydrogen) atoms. The Morgan fingerprint density at radius 1 is 1.43 bits per heavy atom. The van der Waals surface area contributed by atoms with Crippen LogP contribution < -0.4 is 4.74 Å². The predicted octanol–water partition coefficient (Wildman–Crippen LogP) is 4.29. The highest BCUT2D eigenvalue weighted by Gasteiger charge is 2.20. The molecule has 0 fully saturated rings. The molecule has 1 heterocycles. The highest BCUT2D eigenvalue weighted by atomic mass is 79.9. The van der Waals surface area contributed by atoms with Crippen molar-refractivity contribution in [2.24, 2.45) is 7.05 Å². The molecule has 1 aromatic heterocycles. The van der Waals surface area contributed by atoms with Gasteiger partial charge in [-0.05, 0) is 22.9 Å². The molecule has 9 heteroatoms. The number of hydrogen-bond donors (Lipinski definition) is 0. The van der Waals surface area contributed by atoms with E-state index in [1.165, 1.54) is 12.1 Å². The van der Waals surface area contributed by atoms with Gasteiger partial charge in [0.2, 0.25) is 0 Å². The smallest absolute Gasteiger partial charge is 0.312 e. The second-order valence-electron chi connectivity index (χ2n) is 4.25. The molecule has 0 unspecified atom stereocenters. The maximum atomic E-state index is 11.0. The lowest BCUT2D eigenvalue weighted by Gasteiger charge is -2.08. The van der Waals surface area contributed by atoms with Crippen LogP contribution in [0.4, 0.5) is 5.69 Å². The molecule has 0 radical (unpaired) electrons. The van der Waals surface area contributed by atoms with Crippen LogP contribution >= 0.6 is 39.1 Å². The summed E-state index contributed by atoms with van der Waals surface area (Å²) in [5.41, 5.74) is 1.33. The molecular weight excluding hydrogens is 385 g/mol. The van der Waals surface area contributed by atoms with E-state index < -0.39 is 4.92 Å². The molecule has 0 aliphatic rings. The van der Waals surface area contributed by atoms with E-state index in [1.807, 2.05) is 6.92 Å². The van der Waals surface area contributed by atoms with Gasteiger partial charge in [0.15, 0.2) is 5.75 Å². The SMILES string of the molecule is Cc1nn(C)c(COc2cc(Cl)c(Cl)cc2[N+](=O)[O-])c1Br. The van der Waals surface area contributed by atoms with Crippen LogP contribution in [0.2, 0.25) is 10.0 Å². The van der Waals surface area contributed by atoms with E-state index in [0.717, 1.165) is 15.9 Å². The molecule has 0 bridgehead atoms. The lowest BCUT2D eigenvalue weighted by molar-refractivity contribution is -0.385. The van der Waals surface area contributed by atoms with Gasteiger partial charge in [-0.25, -0.2) is 0 Å². The lowest BCUT2D eigenvalue weighted by Crippen LogP contribution is -2.05. The fourth-order valence-electron chi connectivity index (χ4n) is 1.76. The number of nitro benzene ring substituents is 1.